The van der Waals surface area contributed by atoms with Crippen LogP contribution < -0.4 is 15.4 Å². The fraction of sp³-hybridized carbons (Fsp3) is 0.750. The maximum absolute atomic E-state index is 5.86. The van der Waals surface area contributed by atoms with E-state index in [4.69, 9.17) is 10.5 Å². The van der Waals surface area contributed by atoms with E-state index < -0.39 is 0 Å². The SMILES string of the molecule is CCCCN(c1snc(N)c1OCC)C1CC1. The molecule has 0 radical (unpaired) electrons. The maximum Gasteiger partial charge on any atom is 0.197 e. The lowest BCUT2D eigenvalue weighted by Gasteiger charge is -2.23. The van der Waals surface area contributed by atoms with Crippen LogP contribution in [0.15, 0.2) is 0 Å². The van der Waals surface area contributed by atoms with Crippen molar-refractivity contribution >= 4 is 22.4 Å². The van der Waals surface area contributed by atoms with E-state index in [1.807, 2.05) is 6.92 Å². The van der Waals surface area contributed by atoms with Gasteiger partial charge in [-0.15, -0.1) is 0 Å². The van der Waals surface area contributed by atoms with Crippen molar-refractivity contribution in [3.05, 3.63) is 0 Å². The molecular weight excluding hydrogens is 234 g/mol. The van der Waals surface area contributed by atoms with Gasteiger partial charge in [-0.2, -0.15) is 4.37 Å². The largest absolute Gasteiger partial charge is 0.487 e. The molecule has 0 amide bonds. The van der Waals surface area contributed by atoms with Crippen molar-refractivity contribution in [1.82, 2.24) is 4.37 Å². The van der Waals surface area contributed by atoms with Crippen molar-refractivity contribution in [1.29, 1.82) is 0 Å². The predicted octanol–water partition coefficient (Wildman–Crippen LogP) is 2.89. The Hall–Kier alpha value is -0.970. The number of aromatic nitrogens is 1. The van der Waals surface area contributed by atoms with Crippen LogP contribution in [0.4, 0.5) is 10.8 Å². The summed E-state index contributed by atoms with van der Waals surface area (Å²) in [7, 11) is 0. The summed E-state index contributed by atoms with van der Waals surface area (Å²) in [6, 6.07) is 0.681. The average molecular weight is 255 g/mol. The lowest BCUT2D eigenvalue weighted by atomic mass is 10.3. The molecule has 0 saturated heterocycles. The Morgan fingerprint density at radius 3 is 2.82 bits per heavy atom. The number of ether oxygens (including phenoxy) is 1. The Morgan fingerprint density at radius 1 is 1.47 bits per heavy atom. The Kier molecular flexibility index (Phi) is 4.10. The Balaban J connectivity index is 2.16. The number of anilines is 2. The summed E-state index contributed by atoms with van der Waals surface area (Å²) >= 11 is 1.47. The van der Waals surface area contributed by atoms with E-state index in [9.17, 15) is 0 Å². The van der Waals surface area contributed by atoms with Gasteiger partial charge < -0.3 is 15.4 Å². The molecule has 0 spiro atoms. The first-order valence-electron chi connectivity index (χ1n) is 6.42. The zero-order valence-corrected chi connectivity index (χ0v) is 11.4. The van der Waals surface area contributed by atoms with Gasteiger partial charge in [-0.1, -0.05) is 13.3 Å². The molecule has 5 heteroatoms. The average Bonchev–Trinajstić information content (AvgIpc) is 3.09. The fourth-order valence-corrected chi connectivity index (χ4v) is 2.77. The van der Waals surface area contributed by atoms with E-state index in [1.54, 1.807) is 0 Å². The molecule has 1 aliphatic carbocycles. The summed E-state index contributed by atoms with van der Waals surface area (Å²) in [5.74, 6) is 1.33. The van der Waals surface area contributed by atoms with E-state index in [0.29, 0.717) is 18.5 Å². The molecule has 1 fully saturated rings. The number of rotatable bonds is 7. The van der Waals surface area contributed by atoms with Gasteiger partial charge in [0.2, 0.25) is 0 Å². The third kappa shape index (κ3) is 2.83. The van der Waals surface area contributed by atoms with E-state index in [1.165, 1.54) is 37.2 Å². The summed E-state index contributed by atoms with van der Waals surface area (Å²) in [5.41, 5.74) is 5.86. The smallest absolute Gasteiger partial charge is 0.197 e. The fourth-order valence-electron chi connectivity index (χ4n) is 1.91. The predicted molar refractivity (Wildman–Crippen MR) is 73.0 cm³/mol. The minimum Gasteiger partial charge on any atom is -0.487 e. The normalized spacial score (nSPS) is 14.9. The molecule has 1 aromatic heterocycles. The standard InChI is InChI=1S/C12H21N3OS/c1-3-5-8-15(9-6-7-9)12-10(16-4-2)11(13)14-17-12/h9H,3-8H2,1-2H3,(H2,13,14). The van der Waals surface area contributed by atoms with Crippen LogP contribution in [-0.4, -0.2) is 23.6 Å². The van der Waals surface area contributed by atoms with Crippen LogP contribution in [0, 0.1) is 0 Å². The Morgan fingerprint density at radius 2 is 2.24 bits per heavy atom. The highest BCUT2D eigenvalue weighted by Crippen LogP contribution is 2.43. The molecule has 4 nitrogen and oxygen atoms in total. The molecule has 0 aliphatic heterocycles. The Bertz CT molecular complexity index is 363. The molecule has 2 N–H and O–H groups in total. The summed E-state index contributed by atoms with van der Waals surface area (Å²) in [6.45, 7) is 5.93. The van der Waals surface area contributed by atoms with E-state index in [2.05, 4.69) is 16.2 Å². The van der Waals surface area contributed by atoms with Gasteiger partial charge in [-0.25, -0.2) is 0 Å². The van der Waals surface area contributed by atoms with Gasteiger partial charge in [-0.05, 0) is 37.7 Å². The van der Waals surface area contributed by atoms with Gasteiger partial charge in [-0.3, -0.25) is 0 Å². The van der Waals surface area contributed by atoms with Crippen LogP contribution in [0.1, 0.15) is 39.5 Å². The molecule has 96 valence electrons. The molecule has 0 bridgehead atoms. The highest BCUT2D eigenvalue weighted by atomic mass is 32.1. The van der Waals surface area contributed by atoms with Crippen molar-refractivity contribution in [2.75, 3.05) is 23.8 Å². The number of unbranched alkanes of at least 4 members (excludes halogenated alkanes) is 1. The van der Waals surface area contributed by atoms with Crippen molar-refractivity contribution in [3.8, 4) is 5.75 Å². The third-order valence-corrected chi connectivity index (χ3v) is 3.83. The quantitative estimate of drug-likeness (QED) is 0.814. The maximum atomic E-state index is 5.86. The summed E-state index contributed by atoms with van der Waals surface area (Å²) in [6.07, 6.45) is 4.99. The van der Waals surface area contributed by atoms with Crippen LogP contribution in [-0.2, 0) is 0 Å². The third-order valence-electron chi connectivity index (χ3n) is 2.95. The first-order valence-corrected chi connectivity index (χ1v) is 7.19. The van der Waals surface area contributed by atoms with Gasteiger partial charge in [0.25, 0.3) is 0 Å². The number of nitrogen functional groups attached to an aromatic ring is 1. The molecule has 0 aromatic carbocycles. The summed E-state index contributed by atoms with van der Waals surface area (Å²) in [5, 5.41) is 1.13. The molecule has 17 heavy (non-hydrogen) atoms. The van der Waals surface area contributed by atoms with Crippen LogP contribution in [0.3, 0.4) is 0 Å². The highest BCUT2D eigenvalue weighted by Gasteiger charge is 2.32. The lowest BCUT2D eigenvalue weighted by molar-refractivity contribution is 0.343. The van der Waals surface area contributed by atoms with Gasteiger partial charge in [0, 0.05) is 12.6 Å². The molecule has 2 rings (SSSR count). The molecule has 0 unspecified atom stereocenters. The molecule has 1 saturated carbocycles. The second kappa shape index (κ2) is 5.58. The molecular formula is C12H21N3OS. The molecule has 1 heterocycles. The van der Waals surface area contributed by atoms with Crippen LogP contribution >= 0.6 is 11.5 Å². The molecule has 0 atom stereocenters. The van der Waals surface area contributed by atoms with Gasteiger partial charge in [0.15, 0.2) is 16.6 Å². The second-order valence-corrected chi connectivity index (χ2v) is 5.17. The van der Waals surface area contributed by atoms with Crippen molar-refractivity contribution in [2.24, 2.45) is 0 Å². The summed E-state index contributed by atoms with van der Waals surface area (Å²) in [4.78, 5) is 2.43. The van der Waals surface area contributed by atoms with Crippen molar-refractivity contribution in [3.63, 3.8) is 0 Å². The first-order chi connectivity index (χ1) is 8.27. The number of hydrogen-bond donors (Lipinski definition) is 1. The van der Waals surface area contributed by atoms with Gasteiger partial charge in [0.1, 0.15) is 0 Å². The number of hydrogen-bond acceptors (Lipinski definition) is 5. The molecule has 1 aliphatic rings. The lowest BCUT2D eigenvalue weighted by Crippen LogP contribution is -2.26. The Labute approximate surface area is 107 Å². The zero-order valence-electron chi connectivity index (χ0n) is 10.6. The van der Waals surface area contributed by atoms with Gasteiger partial charge >= 0.3 is 0 Å². The zero-order chi connectivity index (χ0) is 12.3. The molecule has 1 aromatic rings. The van der Waals surface area contributed by atoms with E-state index in [-0.39, 0.29) is 0 Å². The minimum atomic E-state index is 0.536. The van der Waals surface area contributed by atoms with E-state index >= 15 is 0 Å². The topological polar surface area (TPSA) is 51.4 Å². The van der Waals surface area contributed by atoms with Gasteiger partial charge in [0.05, 0.1) is 6.61 Å². The number of nitrogens with two attached hydrogens (primary N) is 1. The highest BCUT2D eigenvalue weighted by molar-refractivity contribution is 7.11. The minimum absolute atomic E-state index is 0.536. The van der Waals surface area contributed by atoms with Crippen molar-refractivity contribution in [2.45, 2.75) is 45.6 Å². The van der Waals surface area contributed by atoms with E-state index in [0.717, 1.165) is 17.3 Å². The van der Waals surface area contributed by atoms with Crippen LogP contribution in [0.2, 0.25) is 0 Å². The van der Waals surface area contributed by atoms with Crippen LogP contribution in [0.25, 0.3) is 0 Å². The van der Waals surface area contributed by atoms with Crippen LogP contribution in [0.5, 0.6) is 5.75 Å². The summed E-state index contributed by atoms with van der Waals surface area (Å²) < 4.78 is 9.86. The monoisotopic (exact) mass is 255 g/mol. The van der Waals surface area contributed by atoms with Crippen molar-refractivity contribution < 1.29 is 4.74 Å². The first kappa shape index (κ1) is 12.5. The second-order valence-electron chi connectivity index (χ2n) is 4.41. The number of nitrogens with zero attached hydrogens (tertiary/aromatic N) is 2.